The van der Waals surface area contributed by atoms with E-state index in [4.69, 9.17) is 0 Å². The smallest absolute Gasteiger partial charge is 0.263 e. The fourth-order valence-electron chi connectivity index (χ4n) is 2.45. The second-order valence-electron chi connectivity index (χ2n) is 4.67. The summed E-state index contributed by atoms with van der Waals surface area (Å²) in [6.45, 7) is 0.635. The van der Waals surface area contributed by atoms with Crippen LogP contribution in [0.15, 0.2) is 47.4 Å². The number of aromatic nitrogens is 1. The lowest BCUT2D eigenvalue weighted by molar-refractivity contribution is 0.0987. The van der Waals surface area contributed by atoms with Crippen LogP contribution in [-0.4, -0.2) is 17.0 Å². The quantitative estimate of drug-likeness (QED) is 0.775. The molecule has 0 fully saturated rings. The first kappa shape index (κ1) is 11.7. The van der Waals surface area contributed by atoms with E-state index in [1.165, 1.54) is 4.57 Å². The molecule has 1 aromatic heterocycles. The predicted molar refractivity (Wildman–Crippen MR) is 73.5 cm³/mol. The molecular formula is C15H14N2O2. The summed E-state index contributed by atoms with van der Waals surface area (Å²) >= 11 is 0. The van der Waals surface area contributed by atoms with E-state index in [9.17, 15) is 9.59 Å². The van der Waals surface area contributed by atoms with Gasteiger partial charge in [0.2, 0.25) is 0 Å². The van der Waals surface area contributed by atoms with Crippen molar-refractivity contribution in [3.63, 3.8) is 0 Å². The average molecular weight is 254 g/mol. The summed E-state index contributed by atoms with van der Waals surface area (Å²) in [5.74, 6) is -0.217. The van der Waals surface area contributed by atoms with E-state index in [1.807, 2.05) is 24.3 Å². The molecule has 3 rings (SSSR count). The third-order valence-corrected chi connectivity index (χ3v) is 3.49. The Labute approximate surface area is 110 Å². The van der Waals surface area contributed by atoms with Crippen molar-refractivity contribution in [1.29, 1.82) is 0 Å². The summed E-state index contributed by atoms with van der Waals surface area (Å²) in [6.07, 6.45) is 2.49. The van der Waals surface area contributed by atoms with Crippen LogP contribution < -0.4 is 10.5 Å². The first-order valence-corrected chi connectivity index (χ1v) is 6.24. The van der Waals surface area contributed by atoms with Crippen LogP contribution in [0, 0.1) is 0 Å². The minimum absolute atomic E-state index is 0.217. The van der Waals surface area contributed by atoms with Gasteiger partial charge in [-0.25, -0.2) is 0 Å². The highest BCUT2D eigenvalue weighted by Crippen LogP contribution is 2.28. The summed E-state index contributed by atoms with van der Waals surface area (Å²) < 4.78 is 1.43. The van der Waals surface area contributed by atoms with E-state index >= 15 is 0 Å². The minimum Gasteiger partial charge on any atom is -0.318 e. The minimum atomic E-state index is -0.253. The maximum atomic E-state index is 12.5. The molecule has 0 bridgehead atoms. The van der Waals surface area contributed by atoms with Gasteiger partial charge in [0.05, 0.1) is 0 Å². The molecule has 2 heterocycles. The summed E-state index contributed by atoms with van der Waals surface area (Å²) in [5, 5.41) is 0. The number of nitrogens with zero attached hydrogens (tertiary/aromatic N) is 2. The molecule has 0 saturated heterocycles. The monoisotopic (exact) mass is 254 g/mol. The van der Waals surface area contributed by atoms with Crippen LogP contribution in [0.5, 0.6) is 0 Å². The van der Waals surface area contributed by atoms with Gasteiger partial charge in [-0.05, 0) is 30.2 Å². The number of anilines is 1. The summed E-state index contributed by atoms with van der Waals surface area (Å²) in [6, 6.07) is 11.1. The lowest BCUT2D eigenvalue weighted by Gasteiger charge is -2.17. The number of amides is 1. The van der Waals surface area contributed by atoms with E-state index in [2.05, 4.69) is 0 Å². The van der Waals surface area contributed by atoms with Gasteiger partial charge < -0.3 is 9.47 Å². The maximum Gasteiger partial charge on any atom is 0.263 e. The first-order valence-electron chi connectivity index (χ1n) is 6.24. The number of carbonyl (C=O) groups is 1. The largest absolute Gasteiger partial charge is 0.318 e. The van der Waals surface area contributed by atoms with Gasteiger partial charge in [0.15, 0.2) is 0 Å². The van der Waals surface area contributed by atoms with Crippen molar-refractivity contribution in [2.45, 2.75) is 6.42 Å². The van der Waals surface area contributed by atoms with Gasteiger partial charge in [-0.2, -0.15) is 0 Å². The molecule has 1 aliphatic heterocycles. The van der Waals surface area contributed by atoms with E-state index in [0.717, 1.165) is 17.7 Å². The number of para-hydroxylation sites is 1. The predicted octanol–water partition coefficient (Wildman–Crippen LogP) is 1.59. The van der Waals surface area contributed by atoms with Crippen LogP contribution in [0.4, 0.5) is 5.69 Å². The number of carbonyl (C=O) groups excluding carboxylic acids is 1. The van der Waals surface area contributed by atoms with Crippen LogP contribution >= 0.6 is 0 Å². The molecule has 0 saturated carbocycles. The van der Waals surface area contributed by atoms with Crippen LogP contribution in [0.25, 0.3) is 0 Å². The van der Waals surface area contributed by atoms with Gasteiger partial charge in [-0.3, -0.25) is 9.59 Å². The Bertz CT molecular complexity index is 703. The van der Waals surface area contributed by atoms with E-state index < -0.39 is 0 Å². The zero-order valence-corrected chi connectivity index (χ0v) is 10.7. The number of pyridine rings is 1. The van der Waals surface area contributed by atoms with Crippen molar-refractivity contribution in [3.05, 3.63) is 64.1 Å². The second kappa shape index (κ2) is 4.39. The molecule has 0 unspecified atom stereocenters. The highest BCUT2D eigenvalue weighted by molar-refractivity contribution is 6.07. The molecule has 96 valence electrons. The number of fused-ring (bicyclic) bond motifs is 1. The highest BCUT2D eigenvalue weighted by atomic mass is 16.2. The standard InChI is InChI=1S/C15H14N2O2/c1-16-9-4-6-12(14(16)18)15(19)17-10-8-11-5-2-3-7-13(11)17/h2-7,9H,8,10H2,1H3. The number of hydrogen-bond donors (Lipinski definition) is 0. The Morgan fingerprint density at radius 3 is 2.79 bits per heavy atom. The maximum absolute atomic E-state index is 12.5. The lowest BCUT2D eigenvalue weighted by Crippen LogP contribution is -2.35. The molecule has 4 nitrogen and oxygen atoms in total. The summed E-state index contributed by atoms with van der Waals surface area (Å²) in [4.78, 5) is 26.2. The van der Waals surface area contributed by atoms with Crippen LogP contribution in [-0.2, 0) is 13.5 Å². The van der Waals surface area contributed by atoms with Crippen LogP contribution in [0.1, 0.15) is 15.9 Å². The Morgan fingerprint density at radius 1 is 1.16 bits per heavy atom. The molecular weight excluding hydrogens is 240 g/mol. The molecule has 0 radical (unpaired) electrons. The molecule has 1 amide bonds. The third kappa shape index (κ3) is 1.85. The van der Waals surface area contributed by atoms with Crippen molar-refractivity contribution in [2.75, 3.05) is 11.4 Å². The van der Waals surface area contributed by atoms with Crippen molar-refractivity contribution in [2.24, 2.45) is 7.05 Å². The molecule has 0 N–H and O–H groups in total. The Balaban J connectivity index is 2.03. The zero-order valence-electron chi connectivity index (χ0n) is 10.7. The van der Waals surface area contributed by atoms with Crippen molar-refractivity contribution in [1.82, 2.24) is 4.57 Å². The van der Waals surface area contributed by atoms with Crippen molar-refractivity contribution >= 4 is 11.6 Å². The lowest BCUT2D eigenvalue weighted by atomic mass is 10.2. The molecule has 19 heavy (non-hydrogen) atoms. The van der Waals surface area contributed by atoms with Gasteiger partial charge in [-0.1, -0.05) is 18.2 Å². The second-order valence-corrected chi connectivity index (χ2v) is 4.67. The fraction of sp³-hybridized carbons (Fsp3) is 0.200. The van der Waals surface area contributed by atoms with E-state index in [1.54, 1.807) is 30.3 Å². The van der Waals surface area contributed by atoms with Crippen LogP contribution in [0.3, 0.4) is 0 Å². The van der Waals surface area contributed by atoms with Gasteiger partial charge in [-0.15, -0.1) is 0 Å². The Morgan fingerprint density at radius 2 is 1.95 bits per heavy atom. The molecule has 1 aliphatic rings. The third-order valence-electron chi connectivity index (χ3n) is 3.49. The summed E-state index contributed by atoms with van der Waals surface area (Å²) in [5.41, 5.74) is 2.04. The van der Waals surface area contributed by atoms with Gasteiger partial charge in [0.1, 0.15) is 5.56 Å². The Kier molecular flexibility index (Phi) is 2.71. The van der Waals surface area contributed by atoms with Gasteiger partial charge in [0.25, 0.3) is 11.5 Å². The van der Waals surface area contributed by atoms with Gasteiger partial charge >= 0.3 is 0 Å². The van der Waals surface area contributed by atoms with Crippen LogP contribution in [0.2, 0.25) is 0 Å². The first-order chi connectivity index (χ1) is 9.18. The molecule has 0 spiro atoms. The van der Waals surface area contributed by atoms with Crippen molar-refractivity contribution in [3.8, 4) is 0 Å². The molecule has 4 heteroatoms. The topological polar surface area (TPSA) is 42.3 Å². The molecule has 1 aromatic carbocycles. The van der Waals surface area contributed by atoms with E-state index in [-0.39, 0.29) is 17.0 Å². The summed E-state index contributed by atoms with van der Waals surface area (Å²) in [7, 11) is 1.65. The van der Waals surface area contributed by atoms with Gasteiger partial charge in [0, 0.05) is 25.5 Å². The number of benzene rings is 1. The van der Waals surface area contributed by atoms with E-state index in [0.29, 0.717) is 6.54 Å². The van der Waals surface area contributed by atoms with Crippen molar-refractivity contribution < 1.29 is 4.79 Å². The normalized spacial score (nSPS) is 13.4. The molecule has 0 atom stereocenters. The number of rotatable bonds is 1. The SMILES string of the molecule is Cn1cccc(C(=O)N2CCc3ccccc32)c1=O. The highest BCUT2D eigenvalue weighted by Gasteiger charge is 2.26. The Hall–Kier alpha value is -2.36. The number of hydrogen-bond acceptors (Lipinski definition) is 2. The molecule has 0 aliphatic carbocycles. The molecule has 2 aromatic rings. The zero-order chi connectivity index (χ0) is 13.4. The number of aryl methyl sites for hydroxylation is 1. The fourth-order valence-corrected chi connectivity index (χ4v) is 2.45. The average Bonchev–Trinajstić information content (AvgIpc) is 2.85.